The van der Waals surface area contributed by atoms with Crippen LogP contribution in [-0.2, 0) is 4.74 Å². The molecular weight excluding hydrogens is 198 g/mol. The van der Waals surface area contributed by atoms with Crippen LogP contribution in [0.3, 0.4) is 0 Å². The van der Waals surface area contributed by atoms with Crippen molar-refractivity contribution in [3.05, 3.63) is 12.2 Å². The van der Waals surface area contributed by atoms with Gasteiger partial charge in [-0.05, 0) is 37.2 Å². The van der Waals surface area contributed by atoms with Gasteiger partial charge in [0, 0.05) is 12.6 Å². The third kappa shape index (κ3) is 4.26. The first kappa shape index (κ1) is 12.1. The molecule has 2 fully saturated rings. The van der Waals surface area contributed by atoms with Crippen LogP contribution < -0.4 is 5.32 Å². The number of ether oxygens (including phenoxy) is 1. The van der Waals surface area contributed by atoms with Gasteiger partial charge in [-0.1, -0.05) is 26.3 Å². The molecule has 0 spiro atoms. The van der Waals surface area contributed by atoms with Crippen LogP contribution in [0.1, 0.15) is 45.4 Å². The van der Waals surface area contributed by atoms with Gasteiger partial charge in [0.2, 0.25) is 0 Å². The fraction of sp³-hybridized carbons (Fsp3) is 0.857. The van der Waals surface area contributed by atoms with E-state index < -0.39 is 0 Å². The second kappa shape index (κ2) is 5.83. The first-order chi connectivity index (χ1) is 7.74. The molecule has 1 N–H and O–H groups in total. The largest absolute Gasteiger partial charge is 0.374 e. The fourth-order valence-corrected chi connectivity index (χ4v) is 2.39. The van der Waals surface area contributed by atoms with Crippen molar-refractivity contribution in [2.24, 2.45) is 5.92 Å². The second-order valence-electron chi connectivity index (χ2n) is 5.61. The quantitative estimate of drug-likeness (QED) is 0.699. The molecule has 2 atom stereocenters. The third-order valence-corrected chi connectivity index (χ3v) is 3.63. The van der Waals surface area contributed by atoms with E-state index in [1.54, 1.807) is 0 Å². The van der Waals surface area contributed by atoms with Crippen molar-refractivity contribution in [1.82, 2.24) is 5.32 Å². The summed E-state index contributed by atoms with van der Waals surface area (Å²) in [6.45, 7) is 8.09. The predicted molar refractivity (Wildman–Crippen MR) is 67.5 cm³/mol. The summed E-state index contributed by atoms with van der Waals surface area (Å²) in [6.07, 6.45) is 8.36. The molecule has 2 aliphatic carbocycles. The summed E-state index contributed by atoms with van der Waals surface area (Å²) < 4.78 is 5.93. The summed E-state index contributed by atoms with van der Waals surface area (Å²) in [4.78, 5) is 0. The zero-order chi connectivity index (χ0) is 11.4. The lowest BCUT2D eigenvalue weighted by atomic mass is 9.89. The maximum atomic E-state index is 5.93. The van der Waals surface area contributed by atoms with E-state index in [4.69, 9.17) is 4.74 Å². The van der Waals surface area contributed by atoms with Crippen LogP contribution in [0.4, 0.5) is 0 Å². The summed E-state index contributed by atoms with van der Waals surface area (Å²) in [5.74, 6) is 0.844. The summed E-state index contributed by atoms with van der Waals surface area (Å²) in [5, 5.41) is 3.47. The Balaban J connectivity index is 1.56. The topological polar surface area (TPSA) is 21.3 Å². The van der Waals surface area contributed by atoms with Crippen LogP contribution in [0.5, 0.6) is 0 Å². The molecule has 0 aromatic carbocycles. The van der Waals surface area contributed by atoms with E-state index >= 15 is 0 Å². The van der Waals surface area contributed by atoms with Gasteiger partial charge < -0.3 is 10.1 Å². The maximum absolute atomic E-state index is 5.93. The monoisotopic (exact) mass is 223 g/mol. The van der Waals surface area contributed by atoms with E-state index in [1.807, 2.05) is 0 Å². The Hall–Kier alpha value is -0.340. The first-order valence-corrected chi connectivity index (χ1v) is 6.75. The average molecular weight is 223 g/mol. The SMILES string of the molecule is C=C(CNC1CC1)COC1CCCC(C)C1. The molecule has 0 aromatic heterocycles. The average Bonchev–Trinajstić information content (AvgIpc) is 3.07. The van der Waals surface area contributed by atoms with Crippen LogP contribution in [0.15, 0.2) is 12.2 Å². The summed E-state index contributed by atoms with van der Waals surface area (Å²) in [6, 6.07) is 0.770. The Morgan fingerprint density at radius 2 is 2.12 bits per heavy atom. The minimum Gasteiger partial charge on any atom is -0.374 e. The van der Waals surface area contributed by atoms with Gasteiger partial charge in [-0.2, -0.15) is 0 Å². The highest BCUT2D eigenvalue weighted by molar-refractivity contribution is 4.99. The standard InChI is InChI=1S/C14H25NO/c1-11-4-3-5-14(8-11)16-10-12(2)9-15-13-6-7-13/h11,13-15H,2-10H2,1H3. The molecular formula is C14H25NO. The summed E-state index contributed by atoms with van der Waals surface area (Å²) >= 11 is 0. The van der Waals surface area contributed by atoms with Crippen LogP contribution in [0, 0.1) is 5.92 Å². The molecule has 0 saturated heterocycles. The fourth-order valence-electron chi connectivity index (χ4n) is 2.39. The van der Waals surface area contributed by atoms with E-state index in [9.17, 15) is 0 Å². The van der Waals surface area contributed by atoms with Crippen molar-refractivity contribution >= 4 is 0 Å². The lowest BCUT2D eigenvalue weighted by molar-refractivity contribution is 0.0281. The molecule has 0 bridgehead atoms. The lowest BCUT2D eigenvalue weighted by Crippen LogP contribution is -2.25. The first-order valence-electron chi connectivity index (χ1n) is 6.75. The van der Waals surface area contributed by atoms with E-state index in [1.165, 1.54) is 44.1 Å². The van der Waals surface area contributed by atoms with Crippen LogP contribution >= 0.6 is 0 Å². The Morgan fingerprint density at radius 3 is 2.81 bits per heavy atom. The highest BCUT2D eigenvalue weighted by Crippen LogP contribution is 2.26. The van der Waals surface area contributed by atoms with Gasteiger partial charge in [0.1, 0.15) is 0 Å². The Bertz CT molecular complexity index is 235. The molecule has 2 rings (SSSR count). The molecule has 16 heavy (non-hydrogen) atoms. The van der Waals surface area contributed by atoms with Crippen molar-refractivity contribution < 1.29 is 4.74 Å². The van der Waals surface area contributed by atoms with Gasteiger partial charge in [0.25, 0.3) is 0 Å². The summed E-state index contributed by atoms with van der Waals surface area (Å²) in [5.41, 5.74) is 1.20. The van der Waals surface area contributed by atoms with Crippen molar-refractivity contribution in [2.75, 3.05) is 13.2 Å². The van der Waals surface area contributed by atoms with Gasteiger partial charge in [-0.15, -0.1) is 0 Å². The molecule has 0 aliphatic heterocycles. The van der Waals surface area contributed by atoms with E-state index in [2.05, 4.69) is 18.8 Å². The number of rotatable bonds is 6. The molecule has 2 nitrogen and oxygen atoms in total. The normalized spacial score (nSPS) is 30.3. The molecule has 0 radical (unpaired) electrons. The predicted octanol–water partition coefficient (Wildman–Crippen LogP) is 2.89. The Kier molecular flexibility index (Phi) is 4.42. The van der Waals surface area contributed by atoms with Crippen molar-refractivity contribution in [1.29, 1.82) is 0 Å². The zero-order valence-electron chi connectivity index (χ0n) is 10.5. The van der Waals surface area contributed by atoms with Crippen molar-refractivity contribution in [3.8, 4) is 0 Å². The third-order valence-electron chi connectivity index (χ3n) is 3.63. The molecule has 2 aliphatic rings. The van der Waals surface area contributed by atoms with Gasteiger partial charge in [0.05, 0.1) is 12.7 Å². The van der Waals surface area contributed by atoms with Gasteiger partial charge in [-0.3, -0.25) is 0 Å². The van der Waals surface area contributed by atoms with Crippen molar-refractivity contribution in [2.45, 2.75) is 57.6 Å². The van der Waals surface area contributed by atoms with Gasteiger partial charge >= 0.3 is 0 Å². The highest BCUT2D eigenvalue weighted by atomic mass is 16.5. The Morgan fingerprint density at radius 1 is 1.31 bits per heavy atom. The number of hydrogen-bond donors (Lipinski definition) is 1. The Labute approximate surface area is 99.4 Å². The molecule has 0 amide bonds. The minimum absolute atomic E-state index is 0.487. The van der Waals surface area contributed by atoms with Gasteiger partial charge in [-0.25, -0.2) is 0 Å². The van der Waals surface area contributed by atoms with Crippen molar-refractivity contribution in [3.63, 3.8) is 0 Å². The molecule has 0 heterocycles. The molecule has 2 heteroatoms. The van der Waals surface area contributed by atoms with E-state index in [-0.39, 0.29) is 0 Å². The van der Waals surface area contributed by atoms with E-state index in [0.717, 1.165) is 25.1 Å². The molecule has 0 aromatic rings. The smallest absolute Gasteiger partial charge is 0.0690 e. The highest BCUT2D eigenvalue weighted by Gasteiger charge is 2.21. The van der Waals surface area contributed by atoms with Gasteiger partial charge in [0.15, 0.2) is 0 Å². The number of hydrogen-bond acceptors (Lipinski definition) is 2. The lowest BCUT2D eigenvalue weighted by Gasteiger charge is -2.27. The second-order valence-corrected chi connectivity index (χ2v) is 5.61. The maximum Gasteiger partial charge on any atom is 0.0690 e. The minimum atomic E-state index is 0.487. The van der Waals surface area contributed by atoms with Crippen LogP contribution in [0.2, 0.25) is 0 Å². The number of nitrogens with one attached hydrogen (secondary N) is 1. The molecule has 2 saturated carbocycles. The summed E-state index contributed by atoms with van der Waals surface area (Å²) in [7, 11) is 0. The van der Waals surface area contributed by atoms with E-state index in [0.29, 0.717) is 6.10 Å². The van der Waals surface area contributed by atoms with Crippen LogP contribution in [-0.4, -0.2) is 25.3 Å². The molecule has 92 valence electrons. The zero-order valence-corrected chi connectivity index (χ0v) is 10.5. The van der Waals surface area contributed by atoms with Crippen LogP contribution in [0.25, 0.3) is 0 Å². The molecule has 2 unspecified atom stereocenters.